The van der Waals surface area contributed by atoms with Crippen LogP contribution in [-0.4, -0.2) is 46.7 Å². The van der Waals surface area contributed by atoms with Crippen LogP contribution in [0.15, 0.2) is 15.8 Å². The monoisotopic (exact) mass is 310 g/mol. The molecule has 1 amide bonds. The fraction of sp³-hybridized carbons (Fsp3) is 0.615. The normalized spacial score (nSPS) is 28.9. The minimum absolute atomic E-state index is 0.00233. The minimum Gasteiger partial charge on any atom is -0.348 e. The highest BCUT2D eigenvalue weighted by atomic mass is 32.2. The van der Waals surface area contributed by atoms with Crippen molar-refractivity contribution >= 4 is 29.0 Å². The average molecular weight is 310 g/mol. The van der Waals surface area contributed by atoms with E-state index in [1.807, 2.05) is 6.92 Å². The number of carbonyl (C=O) groups is 1. The number of thioether (sulfide) groups is 1. The fourth-order valence-electron chi connectivity index (χ4n) is 2.84. The molecular formula is C13H18N4OS2. The first-order valence-corrected chi connectivity index (χ1v) is 8.56. The van der Waals surface area contributed by atoms with Crippen LogP contribution in [0, 0.1) is 12.8 Å². The van der Waals surface area contributed by atoms with E-state index >= 15 is 0 Å². The molecule has 3 aliphatic rings. The minimum atomic E-state index is -0.00233. The van der Waals surface area contributed by atoms with Crippen LogP contribution in [0.5, 0.6) is 0 Å². The van der Waals surface area contributed by atoms with E-state index in [0.29, 0.717) is 12.0 Å². The van der Waals surface area contributed by atoms with Crippen molar-refractivity contribution in [3.63, 3.8) is 0 Å². The maximum absolute atomic E-state index is 11.9. The lowest BCUT2D eigenvalue weighted by Gasteiger charge is -2.44. The predicted molar refractivity (Wildman–Crippen MR) is 80.7 cm³/mol. The molecule has 0 spiro atoms. The van der Waals surface area contributed by atoms with Crippen molar-refractivity contribution in [2.75, 3.05) is 19.6 Å². The number of aromatic nitrogens is 2. The van der Waals surface area contributed by atoms with Gasteiger partial charge in [0.25, 0.3) is 0 Å². The van der Waals surface area contributed by atoms with Crippen LogP contribution in [-0.2, 0) is 4.79 Å². The summed E-state index contributed by atoms with van der Waals surface area (Å²) in [5, 5.41) is 13.8. The second kappa shape index (κ2) is 6.24. The molecule has 3 fully saturated rings. The Morgan fingerprint density at radius 3 is 2.85 bits per heavy atom. The fourth-order valence-corrected chi connectivity index (χ4v) is 4.37. The second-order valence-corrected chi connectivity index (χ2v) is 7.60. The molecule has 3 aliphatic heterocycles. The zero-order valence-corrected chi connectivity index (χ0v) is 13.0. The van der Waals surface area contributed by atoms with Gasteiger partial charge in [-0.25, -0.2) is 0 Å². The molecule has 108 valence electrons. The molecule has 0 radical (unpaired) electrons. The van der Waals surface area contributed by atoms with E-state index in [2.05, 4.69) is 20.4 Å². The lowest BCUT2D eigenvalue weighted by molar-refractivity contribution is -0.118. The van der Waals surface area contributed by atoms with Gasteiger partial charge in [0.1, 0.15) is 5.01 Å². The summed E-state index contributed by atoms with van der Waals surface area (Å²) < 4.78 is 0.870. The molecule has 1 N–H and O–H groups in total. The second-order valence-electron chi connectivity index (χ2n) is 5.26. The van der Waals surface area contributed by atoms with E-state index in [1.54, 1.807) is 11.5 Å². The third kappa shape index (κ3) is 3.39. The first-order valence-electron chi connectivity index (χ1n) is 6.87. The third-order valence-corrected chi connectivity index (χ3v) is 5.61. The molecule has 0 aromatic carbocycles. The third-order valence-electron chi connectivity index (χ3n) is 3.88. The van der Waals surface area contributed by atoms with E-state index in [1.165, 1.54) is 49.0 Å². The number of amides is 1. The van der Waals surface area contributed by atoms with Gasteiger partial charge in [-0.1, -0.05) is 23.1 Å². The number of fused-ring (bicyclic) bond motifs is 3. The molecular weight excluding hydrogens is 292 g/mol. The molecule has 3 saturated heterocycles. The Balaban J connectivity index is 1.47. The van der Waals surface area contributed by atoms with Crippen LogP contribution in [0.4, 0.5) is 0 Å². The Morgan fingerprint density at radius 2 is 2.25 bits per heavy atom. The Kier molecular flexibility index (Phi) is 4.38. The highest BCUT2D eigenvalue weighted by Gasteiger charge is 2.34. The van der Waals surface area contributed by atoms with Crippen LogP contribution in [0.2, 0.25) is 0 Å². The van der Waals surface area contributed by atoms with E-state index < -0.39 is 0 Å². The molecule has 1 atom stereocenters. The molecule has 0 saturated carbocycles. The largest absolute Gasteiger partial charge is 0.348 e. The summed E-state index contributed by atoms with van der Waals surface area (Å²) in [6.07, 6.45) is 4.03. The van der Waals surface area contributed by atoms with Crippen molar-refractivity contribution in [2.24, 2.45) is 5.92 Å². The summed E-state index contributed by atoms with van der Waals surface area (Å²) in [5.41, 5.74) is 0. The zero-order chi connectivity index (χ0) is 13.9. The smallest absolute Gasteiger partial charge is 0.244 e. The van der Waals surface area contributed by atoms with Crippen LogP contribution in [0.1, 0.15) is 17.8 Å². The van der Waals surface area contributed by atoms with Gasteiger partial charge in [0, 0.05) is 18.7 Å². The highest BCUT2D eigenvalue weighted by molar-refractivity contribution is 8.03. The summed E-state index contributed by atoms with van der Waals surface area (Å²) in [6.45, 7) is 5.32. The lowest BCUT2D eigenvalue weighted by Crippen LogP contribution is -2.57. The maximum atomic E-state index is 11.9. The van der Waals surface area contributed by atoms with Gasteiger partial charge < -0.3 is 10.2 Å². The van der Waals surface area contributed by atoms with Crippen molar-refractivity contribution in [3.8, 4) is 0 Å². The summed E-state index contributed by atoms with van der Waals surface area (Å²) in [6, 6.07) is 0.323. The number of hydrogen-bond donors (Lipinski definition) is 1. The van der Waals surface area contributed by atoms with Crippen molar-refractivity contribution in [3.05, 3.63) is 16.5 Å². The SMILES string of the molecule is Cc1nnc(SC=CC(=O)N[C@H]2CN3CCC2CC3)s1. The summed E-state index contributed by atoms with van der Waals surface area (Å²) in [5.74, 6) is 0.660. The molecule has 0 unspecified atom stereocenters. The first kappa shape index (κ1) is 14.0. The maximum Gasteiger partial charge on any atom is 0.244 e. The molecule has 7 heteroatoms. The standard InChI is InChI=1S/C13H18N4OS2/c1-9-15-16-13(20-9)19-7-4-12(18)14-11-8-17-5-2-10(11)3-6-17/h4,7,10-11H,2-3,5-6,8H2,1H3,(H,14,18)/t11-/m0/s1. The van der Waals surface area contributed by atoms with E-state index in [9.17, 15) is 4.79 Å². The molecule has 2 bridgehead atoms. The van der Waals surface area contributed by atoms with Crippen molar-refractivity contribution < 1.29 is 4.79 Å². The first-order chi connectivity index (χ1) is 9.70. The predicted octanol–water partition coefficient (Wildman–Crippen LogP) is 1.66. The number of aryl methyl sites for hydroxylation is 1. The molecule has 4 rings (SSSR count). The van der Waals surface area contributed by atoms with Crippen LogP contribution in [0.3, 0.4) is 0 Å². The summed E-state index contributed by atoms with van der Waals surface area (Å²) in [4.78, 5) is 14.4. The topological polar surface area (TPSA) is 58.1 Å². The number of piperidine rings is 3. The van der Waals surface area contributed by atoms with Gasteiger partial charge in [0.05, 0.1) is 0 Å². The van der Waals surface area contributed by atoms with Gasteiger partial charge in [0.15, 0.2) is 4.34 Å². The van der Waals surface area contributed by atoms with Gasteiger partial charge in [-0.15, -0.1) is 10.2 Å². The summed E-state index contributed by atoms with van der Waals surface area (Å²) in [7, 11) is 0. The quantitative estimate of drug-likeness (QED) is 0.677. The number of hydrogen-bond acceptors (Lipinski definition) is 6. The van der Waals surface area contributed by atoms with Gasteiger partial charge >= 0.3 is 0 Å². The van der Waals surface area contributed by atoms with Crippen molar-refractivity contribution in [2.45, 2.75) is 30.1 Å². The lowest BCUT2D eigenvalue weighted by atomic mass is 9.84. The van der Waals surface area contributed by atoms with Crippen molar-refractivity contribution in [1.29, 1.82) is 0 Å². The number of carbonyl (C=O) groups excluding carboxylic acids is 1. The molecule has 4 heterocycles. The van der Waals surface area contributed by atoms with Gasteiger partial charge in [0.2, 0.25) is 5.91 Å². The number of nitrogens with one attached hydrogen (secondary N) is 1. The molecule has 0 aliphatic carbocycles. The van der Waals surface area contributed by atoms with Crippen molar-refractivity contribution in [1.82, 2.24) is 20.4 Å². The van der Waals surface area contributed by atoms with Crippen LogP contribution < -0.4 is 5.32 Å². The van der Waals surface area contributed by atoms with E-state index in [0.717, 1.165) is 15.9 Å². The Morgan fingerprint density at radius 1 is 1.45 bits per heavy atom. The van der Waals surface area contributed by atoms with E-state index in [-0.39, 0.29) is 5.91 Å². The Hall–Kier alpha value is -0.920. The molecule has 5 nitrogen and oxygen atoms in total. The Bertz CT molecular complexity index is 508. The van der Waals surface area contributed by atoms with Crippen LogP contribution >= 0.6 is 23.1 Å². The van der Waals surface area contributed by atoms with Gasteiger partial charge in [-0.3, -0.25) is 4.79 Å². The summed E-state index contributed by atoms with van der Waals surface area (Å²) >= 11 is 2.98. The number of nitrogens with zero attached hydrogens (tertiary/aromatic N) is 3. The average Bonchev–Trinajstić information content (AvgIpc) is 2.86. The van der Waals surface area contributed by atoms with Gasteiger partial charge in [-0.2, -0.15) is 0 Å². The van der Waals surface area contributed by atoms with E-state index in [4.69, 9.17) is 0 Å². The molecule has 1 aromatic heterocycles. The number of rotatable bonds is 4. The molecule has 1 aromatic rings. The van der Waals surface area contributed by atoms with Crippen LogP contribution in [0.25, 0.3) is 0 Å². The van der Waals surface area contributed by atoms with Gasteiger partial charge in [-0.05, 0) is 44.2 Å². The Labute approximate surface area is 126 Å². The zero-order valence-electron chi connectivity index (χ0n) is 11.4. The highest BCUT2D eigenvalue weighted by Crippen LogP contribution is 2.27. The molecule has 20 heavy (non-hydrogen) atoms.